The molecule has 8 heteroatoms. The number of allylic oxidation sites excluding steroid dienone is 2. The molecule has 0 saturated heterocycles. The van der Waals surface area contributed by atoms with Crippen LogP contribution in [0.15, 0.2) is 116 Å². The number of hydrogen-bond acceptors (Lipinski definition) is 5. The minimum atomic E-state index is -0.695. The Balaban J connectivity index is 1.46. The van der Waals surface area contributed by atoms with Crippen LogP contribution in [0.25, 0.3) is 10.9 Å². The normalized spacial score (nSPS) is 13.5. The van der Waals surface area contributed by atoms with Gasteiger partial charge < -0.3 is 25.5 Å². The molecule has 258 valence electrons. The van der Waals surface area contributed by atoms with Crippen molar-refractivity contribution < 1.29 is 24.2 Å². The average molecular weight is 664 g/mol. The standard InChI is InChI=1S/C41H49N3O5/c1-3-5-8-20-33(23-30-16-9-6-10-17-30)41(48)49-29-36(25-34-27-42-38-22-14-13-21-37(34)38)44-40(47)32(15-4-2)26-39(46)43-35(28-45)24-31-18-11-7-12-19-31/h3-4,6-7,9-14,16-19,21-22,27,32-33,35-36,42,45H,1-2,5,8,15,20,23-26,28-29H2,(H,43,46)(H,44,47)/t32-,33-,35-,36+/m1/s1. The number of aliphatic hydroxyl groups is 1. The maximum Gasteiger partial charge on any atom is 0.309 e. The lowest BCUT2D eigenvalue weighted by Gasteiger charge is -2.24. The van der Waals surface area contributed by atoms with E-state index in [0.717, 1.165) is 40.4 Å². The number of rotatable bonds is 21. The predicted molar refractivity (Wildman–Crippen MR) is 195 cm³/mol. The fourth-order valence-electron chi connectivity index (χ4n) is 6.10. The number of amides is 2. The van der Waals surface area contributed by atoms with Gasteiger partial charge in [-0.25, -0.2) is 0 Å². The Hall–Kier alpha value is -4.95. The lowest BCUT2D eigenvalue weighted by Crippen LogP contribution is -2.45. The van der Waals surface area contributed by atoms with Crippen LogP contribution >= 0.6 is 0 Å². The smallest absolute Gasteiger partial charge is 0.309 e. The molecule has 8 nitrogen and oxygen atoms in total. The van der Waals surface area contributed by atoms with Gasteiger partial charge in [0.25, 0.3) is 0 Å². The molecule has 49 heavy (non-hydrogen) atoms. The van der Waals surface area contributed by atoms with E-state index in [1.165, 1.54) is 0 Å². The number of aromatic nitrogens is 1. The van der Waals surface area contributed by atoms with Crippen molar-refractivity contribution in [1.82, 2.24) is 15.6 Å². The quantitative estimate of drug-likeness (QED) is 0.0477. The van der Waals surface area contributed by atoms with Crippen LogP contribution in [0.5, 0.6) is 0 Å². The lowest BCUT2D eigenvalue weighted by molar-refractivity contribution is -0.150. The van der Waals surface area contributed by atoms with Gasteiger partial charge >= 0.3 is 5.97 Å². The Morgan fingerprint density at radius 2 is 1.47 bits per heavy atom. The van der Waals surface area contributed by atoms with Gasteiger partial charge in [-0.15, -0.1) is 13.2 Å². The zero-order chi connectivity index (χ0) is 34.8. The van der Waals surface area contributed by atoms with Gasteiger partial charge in [0.2, 0.25) is 11.8 Å². The number of hydrogen-bond donors (Lipinski definition) is 4. The summed E-state index contributed by atoms with van der Waals surface area (Å²) in [6, 6.07) is 26.4. The summed E-state index contributed by atoms with van der Waals surface area (Å²) in [6.07, 6.45) is 9.33. The first-order valence-electron chi connectivity index (χ1n) is 17.1. The fourth-order valence-corrected chi connectivity index (χ4v) is 6.10. The average Bonchev–Trinajstić information content (AvgIpc) is 3.53. The van der Waals surface area contributed by atoms with Crippen molar-refractivity contribution in [3.63, 3.8) is 0 Å². The maximum atomic E-state index is 13.8. The van der Waals surface area contributed by atoms with E-state index in [0.29, 0.717) is 25.7 Å². The summed E-state index contributed by atoms with van der Waals surface area (Å²) < 4.78 is 5.96. The van der Waals surface area contributed by atoms with Crippen molar-refractivity contribution in [3.8, 4) is 0 Å². The number of fused-ring (bicyclic) bond motifs is 1. The molecule has 4 N–H and O–H groups in total. The van der Waals surface area contributed by atoms with Gasteiger partial charge in [0.1, 0.15) is 6.61 Å². The van der Waals surface area contributed by atoms with Crippen LogP contribution in [-0.2, 0) is 38.4 Å². The first-order valence-corrected chi connectivity index (χ1v) is 17.1. The number of unbranched alkanes of at least 4 members (excludes halogenated alkanes) is 1. The maximum absolute atomic E-state index is 13.8. The molecule has 0 aliphatic heterocycles. The third-order valence-electron chi connectivity index (χ3n) is 8.70. The summed E-state index contributed by atoms with van der Waals surface area (Å²) in [5.74, 6) is -1.99. The second-order valence-corrected chi connectivity index (χ2v) is 12.6. The predicted octanol–water partition coefficient (Wildman–Crippen LogP) is 6.26. The number of carbonyl (C=O) groups is 3. The highest BCUT2D eigenvalue weighted by atomic mass is 16.5. The Kier molecular flexibility index (Phi) is 14.9. The van der Waals surface area contributed by atoms with E-state index in [1.807, 2.05) is 97.2 Å². The highest BCUT2D eigenvalue weighted by Crippen LogP contribution is 2.22. The van der Waals surface area contributed by atoms with E-state index in [9.17, 15) is 19.5 Å². The molecule has 0 spiro atoms. The fraction of sp³-hybridized carbons (Fsp3) is 0.341. The van der Waals surface area contributed by atoms with Gasteiger partial charge in [-0.05, 0) is 67.7 Å². The molecule has 0 radical (unpaired) electrons. The third-order valence-corrected chi connectivity index (χ3v) is 8.70. The number of H-pyrrole nitrogens is 1. The van der Waals surface area contributed by atoms with Crippen LogP contribution in [0.4, 0.5) is 0 Å². The van der Waals surface area contributed by atoms with Crippen molar-refractivity contribution in [3.05, 3.63) is 133 Å². The molecule has 0 aliphatic rings. The number of esters is 1. The van der Waals surface area contributed by atoms with Crippen LogP contribution in [0, 0.1) is 11.8 Å². The Bertz CT molecular complexity index is 1630. The highest BCUT2D eigenvalue weighted by Gasteiger charge is 2.27. The Morgan fingerprint density at radius 1 is 0.796 bits per heavy atom. The van der Waals surface area contributed by atoms with Crippen molar-refractivity contribution >= 4 is 28.7 Å². The van der Waals surface area contributed by atoms with Crippen LogP contribution in [0.3, 0.4) is 0 Å². The monoisotopic (exact) mass is 663 g/mol. The molecule has 1 aromatic heterocycles. The SMILES string of the molecule is C=CCCC[C@H](Cc1ccccc1)C(=O)OC[C@H](Cc1c[nH]c2ccccc12)NC(=O)[C@H](CC=C)CC(=O)N[C@@H](CO)Cc1ccccc1. The van der Waals surface area contributed by atoms with Gasteiger partial charge in [-0.1, -0.05) is 91.0 Å². The first kappa shape index (κ1) is 36.9. The van der Waals surface area contributed by atoms with E-state index < -0.39 is 18.0 Å². The van der Waals surface area contributed by atoms with Gasteiger partial charge in [-0.2, -0.15) is 0 Å². The van der Waals surface area contributed by atoms with E-state index >= 15 is 0 Å². The lowest BCUT2D eigenvalue weighted by atomic mass is 9.94. The summed E-state index contributed by atoms with van der Waals surface area (Å²) >= 11 is 0. The Morgan fingerprint density at radius 3 is 2.14 bits per heavy atom. The molecule has 0 fully saturated rings. The molecule has 0 saturated carbocycles. The van der Waals surface area contributed by atoms with Crippen molar-refractivity contribution in [2.75, 3.05) is 13.2 Å². The summed E-state index contributed by atoms with van der Waals surface area (Å²) in [4.78, 5) is 43.7. The first-order chi connectivity index (χ1) is 23.9. The summed E-state index contributed by atoms with van der Waals surface area (Å²) in [7, 11) is 0. The number of ether oxygens (including phenoxy) is 1. The number of para-hydroxylation sites is 1. The summed E-state index contributed by atoms with van der Waals surface area (Å²) in [5, 5.41) is 16.9. The minimum absolute atomic E-state index is 0.0203. The zero-order valence-electron chi connectivity index (χ0n) is 28.2. The van der Waals surface area contributed by atoms with Crippen LogP contribution in [0.1, 0.15) is 48.8 Å². The van der Waals surface area contributed by atoms with E-state index in [1.54, 1.807) is 6.08 Å². The van der Waals surface area contributed by atoms with Gasteiger partial charge in [0.05, 0.1) is 30.5 Å². The molecular weight excluding hydrogens is 614 g/mol. The number of benzene rings is 3. The molecule has 3 aromatic carbocycles. The molecular formula is C41H49N3O5. The number of aromatic amines is 1. The van der Waals surface area contributed by atoms with Gasteiger partial charge in [0.15, 0.2) is 0 Å². The number of nitrogens with one attached hydrogen (secondary N) is 3. The van der Waals surface area contributed by atoms with Crippen LogP contribution in [-0.4, -0.2) is 53.2 Å². The van der Waals surface area contributed by atoms with Gasteiger partial charge in [-0.3, -0.25) is 14.4 Å². The Labute approximate surface area is 289 Å². The van der Waals surface area contributed by atoms with E-state index in [4.69, 9.17) is 4.74 Å². The third kappa shape index (κ3) is 11.9. The molecule has 0 bridgehead atoms. The van der Waals surface area contributed by atoms with Crippen molar-refractivity contribution in [2.24, 2.45) is 11.8 Å². The summed E-state index contributed by atoms with van der Waals surface area (Å²) in [5.41, 5.74) is 4.00. The van der Waals surface area contributed by atoms with Crippen LogP contribution < -0.4 is 10.6 Å². The summed E-state index contributed by atoms with van der Waals surface area (Å²) in [6.45, 7) is 7.37. The minimum Gasteiger partial charge on any atom is -0.463 e. The topological polar surface area (TPSA) is 121 Å². The number of aliphatic hydroxyl groups excluding tert-OH is 1. The van der Waals surface area contributed by atoms with Gasteiger partial charge in [0, 0.05) is 23.5 Å². The number of carbonyl (C=O) groups excluding carboxylic acids is 3. The van der Waals surface area contributed by atoms with Crippen molar-refractivity contribution in [1.29, 1.82) is 0 Å². The molecule has 0 unspecified atom stereocenters. The van der Waals surface area contributed by atoms with E-state index in [-0.39, 0.29) is 49.8 Å². The van der Waals surface area contributed by atoms with Crippen LogP contribution in [0.2, 0.25) is 0 Å². The molecule has 0 aliphatic carbocycles. The largest absolute Gasteiger partial charge is 0.463 e. The highest BCUT2D eigenvalue weighted by molar-refractivity contribution is 5.87. The van der Waals surface area contributed by atoms with Crippen molar-refractivity contribution in [2.45, 2.75) is 63.5 Å². The molecule has 1 heterocycles. The molecule has 2 amide bonds. The second-order valence-electron chi connectivity index (χ2n) is 12.6. The molecule has 4 atom stereocenters. The van der Waals surface area contributed by atoms with E-state index in [2.05, 4.69) is 28.8 Å². The molecule has 4 aromatic rings. The second kappa shape index (κ2) is 19.8. The molecule has 4 rings (SSSR count). The zero-order valence-corrected chi connectivity index (χ0v) is 28.2.